The van der Waals surface area contributed by atoms with Crippen LogP contribution in [-0.2, 0) is 9.59 Å². The largest absolute Gasteiger partial charge is 0.490 e. The number of carbonyl (C=O) groups excluding carboxylic acids is 3. The molecule has 3 aromatic carbocycles. The summed E-state index contributed by atoms with van der Waals surface area (Å²) in [4.78, 5) is 38.8. The zero-order chi connectivity index (χ0) is 24.6. The van der Waals surface area contributed by atoms with Crippen LogP contribution in [0.4, 0.5) is 10.5 Å². The summed E-state index contributed by atoms with van der Waals surface area (Å²) in [5.41, 5.74) is 1.16. The Bertz CT molecular complexity index is 1250. The van der Waals surface area contributed by atoms with E-state index < -0.39 is 17.1 Å². The number of hydrogen-bond acceptors (Lipinski definition) is 6. The summed E-state index contributed by atoms with van der Waals surface area (Å²) in [6.07, 6.45) is 1.59. The molecule has 178 valence electrons. The number of nitrogens with one attached hydrogen (secondary N) is 1. The molecule has 0 radical (unpaired) electrons. The first kappa shape index (κ1) is 24.4. The van der Waals surface area contributed by atoms with Crippen molar-refractivity contribution in [2.75, 3.05) is 25.1 Å². The number of nitrogens with zero attached hydrogens (tertiary/aromatic N) is 1. The van der Waals surface area contributed by atoms with Crippen LogP contribution in [-0.4, -0.2) is 41.7 Å². The predicted octanol–water partition coefficient (Wildman–Crippen LogP) is 5.47. The highest BCUT2D eigenvalue weighted by molar-refractivity contribution is 8.18. The molecule has 1 aliphatic rings. The minimum absolute atomic E-state index is 0.214. The standard InChI is InChI=1S/C26H21ClN2O5S/c27-19-10-12-20(13-11-19)28-24(30)17-29-25(31)23(35-26(29)32)16-18-6-4-5-9-22(18)34-15-14-33-21-7-2-1-3-8-21/h1-13,16H,14-15,17H2,(H,28,30)/b23-16+. The van der Waals surface area contributed by atoms with Crippen LogP contribution in [0.15, 0.2) is 83.8 Å². The zero-order valence-corrected chi connectivity index (χ0v) is 20.1. The minimum Gasteiger partial charge on any atom is -0.490 e. The van der Waals surface area contributed by atoms with Gasteiger partial charge in [0.15, 0.2) is 0 Å². The third kappa shape index (κ3) is 6.65. The van der Waals surface area contributed by atoms with Gasteiger partial charge in [0.2, 0.25) is 5.91 Å². The second kappa shape index (κ2) is 11.6. The number of rotatable bonds is 9. The van der Waals surface area contributed by atoms with Gasteiger partial charge in [-0.3, -0.25) is 19.3 Å². The van der Waals surface area contributed by atoms with Crippen molar-refractivity contribution in [3.63, 3.8) is 0 Å². The Morgan fingerprint density at radius 1 is 0.914 bits per heavy atom. The number of ether oxygens (including phenoxy) is 2. The van der Waals surface area contributed by atoms with Crippen molar-refractivity contribution in [1.29, 1.82) is 0 Å². The fourth-order valence-corrected chi connectivity index (χ4v) is 4.17. The first-order chi connectivity index (χ1) is 17.0. The number of amides is 3. The van der Waals surface area contributed by atoms with Crippen LogP contribution in [0.3, 0.4) is 0 Å². The average Bonchev–Trinajstić information content (AvgIpc) is 3.12. The Hall–Kier alpha value is -3.75. The lowest BCUT2D eigenvalue weighted by atomic mass is 10.2. The Morgan fingerprint density at radius 3 is 2.37 bits per heavy atom. The molecule has 1 saturated heterocycles. The molecular formula is C26H21ClN2O5S. The lowest BCUT2D eigenvalue weighted by molar-refractivity contribution is -0.127. The number of thioether (sulfide) groups is 1. The maximum Gasteiger partial charge on any atom is 0.294 e. The molecule has 7 nitrogen and oxygen atoms in total. The molecule has 0 spiro atoms. The van der Waals surface area contributed by atoms with E-state index in [-0.39, 0.29) is 11.4 Å². The highest BCUT2D eigenvalue weighted by Crippen LogP contribution is 2.34. The van der Waals surface area contributed by atoms with E-state index in [9.17, 15) is 14.4 Å². The quantitative estimate of drug-likeness (QED) is 0.304. The van der Waals surface area contributed by atoms with Crippen molar-refractivity contribution in [3.8, 4) is 11.5 Å². The lowest BCUT2D eigenvalue weighted by Crippen LogP contribution is -2.36. The van der Waals surface area contributed by atoms with Crippen LogP contribution < -0.4 is 14.8 Å². The monoisotopic (exact) mass is 508 g/mol. The minimum atomic E-state index is -0.534. The van der Waals surface area contributed by atoms with E-state index in [1.165, 1.54) is 0 Å². The topological polar surface area (TPSA) is 84.9 Å². The van der Waals surface area contributed by atoms with Crippen molar-refractivity contribution >= 4 is 52.2 Å². The van der Waals surface area contributed by atoms with Gasteiger partial charge in [-0.25, -0.2) is 0 Å². The lowest BCUT2D eigenvalue weighted by Gasteiger charge is -2.12. The van der Waals surface area contributed by atoms with Crippen LogP contribution in [0, 0.1) is 0 Å². The molecule has 9 heteroatoms. The van der Waals surface area contributed by atoms with Crippen LogP contribution >= 0.6 is 23.4 Å². The van der Waals surface area contributed by atoms with Crippen molar-refractivity contribution in [1.82, 2.24) is 4.90 Å². The van der Waals surface area contributed by atoms with E-state index in [1.54, 1.807) is 42.5 Å². The second-order valence-corrected chi connectivity index (χ2v) is 8.80. The van der Waals surface area contributed by atoms with Gasteiger partial charge in [-0.05, 0) is 60.3 Å². The molecule has 35 heavy (non-hydrogen) atoms. The van der Waals surface area contributed by atoms with Crippen molar-refractivity contribution < 1.29 is 23.9 Å². The molecule has 1 N–H and O–H groups in total. The smallest absolute Gasteiger partial charge is 0.294 e. The van der Waals surface area contributed by atoms with Crippen LogP contribution in [0.5, 0.6) is 11.5 Å². The number of carbonyl (C=O) groups is 3. The SMILES string of the molecule is O=C(CN1C(=O)S/C(=C/c2ccccc2OCCOc2ccccc2)C1=O)Nc1ccc(Cl)cc1. The maximum atomic E-state index is 12.8. The Labute approximate surface area is 211 Å². The number of imide groups is 1. The van der Waals surface area contributed by atoms with Crippen molar-refractivity contribution in [2.45, 2.75) is 0 Å². The van der Waals surface area contributed by atoms with E-state index in [2.05, 4.69) is 5.32 Å². The second-order valence-electron chi connectivity index (χ2n) is 7.37. The maximum absolute atomic E-state index is 12.8. The molecule has 1 fully saturated rings. The number of para-hydroxylation sites is 2. The number of hydrogen-bond donors (Lipinski definition) is 1. The van der Waals surface area contributed by atoms with E-state index >= 15 is 0 Å². The van der Waals surface area contributed by atoms with E-state index in [0.29, 0.717) is 35.2 Å². The molecule has 4 rings (SSSR count). The number of anilines is 1. The van der Waals surface area contributed by atoms with Crippen molar-refractivity contribution in [3.05, 3.63) is 94.4 Å². The van der Waals surface area contributed by atoms with Gasteiger partial charge >= 0.3 is 0 Å². The van der Waals surface area contributed by atoms with Gasteiger partial charge in [-0.15, -0.1) is 0 Å². The van der Waals surface area contributed by atoms with Crippen molar-refractivity contribution in [2.24, 2.45) is 0 Å². The Balaban J connectivity index is 1.37. The molecule has 0 unspecified atom stereocenters. The highest BCUT2D eigenvalue weighted by Gasteiger charge is 2.36. The number of benzene rings is 3. The third-order valence-electron chi connectivity index (χ3n) is 4.86. The first-order valence-corrected chi connectivity index (χ1v) is 11.9. The Kier molecular flexibility index (Phi) is 8.07. The van der Waals surface area contributed by atoms with Crippen LogP contribution in [0.1, 0.15) is 5.56 Å². The van der Waals surface area contributed by atoms with Gasteiger partial charge < -0.3 is 14.8 Å². The molecule has 0 saturated carbocycles. The van der Waals surface area contributed by atoms with Gasteiger partial charge in [0.05, 0.1) is 4.91 Å². The summed E-state index contributed by atoms with van der Waals surface area (Å²) in [6.45, 7) is 0.253. The fourth-order valence-electron chi connectivity index (χ4n) is 3.21. The predicted molar refractivity (Wildman–Crippen MR) is 137 cm³/mol. The summed E-state index contributed by atoms with van der Waals surface area (Å²) >= 11 is 6.63. The molecule has 3 aromatic rings. The molecular weight excluding hydrogens is 488 g/mol. The summed E-state index contributed by atoms with van der Waals surface area (Å²) in [5.74, 6) is 0.279. The van der Waals surface area contributed by atoms with Gasteiger partial charge in [0.25, 0.3) is 11.1 Å². The molecule has 0 atom stereocenters. The molecule has 0 aromatic heterocycles. The first-order valence-electron chi connectivity index (χ1n) is 10.7. The summed E-state index contributed by atoms with van der Waals surface area (Å²) in [7, 11) is 0. The van der Waals surface area contributed by atoms with E-state index in [4.69, 9.17) is 21.1 Å². The van der Waals surface area contributed by atoms with Gasteiger partial charge in [0, 0.05) is 16.3 Å². The highest BCUT2D eigenvalue weighted by atomic mass is 35.5. The summed E-state index contributed by atoms with van der Waals surface area (Å²) in [6, 6.07) is 23.1. The molecule has 3 amide bonds. The van der Waals surface area contributed by atoms with E-state index in [1.807, 2.05) is 42.5 Å². The number of halogens is 1. The average molecular weight is 509 g/mol. The van der Waals surface area contributed by atoms with Gasteiger partial charge in [0.1, 0.15) is 31.3 Å². The van der Waals surface area contributed by atoms with E-state index in [0.717, 1.165) is 22.4 Å². The normalized spacial score (nSPS) is 14.3. The zero-order valence-electron chi connectivity index (χ0n) is 18.5. The van der Waals surface area contributed by atoms with Crippen LogP contribution in [0.2, 0.25) is 5.02 Å². The van der Waals surface area contributed by atoms with Gasteiger partial charge in [-0.1, -0.05) is 48.0 Å². The summed E-state index contributed by atoms with van der Waals surface area (Å²) in [5, 5.41) is 2.67. The molecule has 0 bridgehead atoms. The summed E-state index contributed by atoms with van der Waals surface area (Å²) < 4.78 is 11.5. The molecule has 1 aliphatic heterocycles. The Morgan fingerprint density at radius 2 is 1.60 bits per heavy atom. The van der Waals surface area contributed by atoms with Crippen LogP contribution in [0.25, 0.3) is 6.08 Å². The molecule has 1 heterocycles. The fraction of sp³-hybridized carbons (Fsp3) is 0.115. The molecule has 0 aliphatic carbocycles. The third-order valence-corrected chi connectivity index (χ3v) is 6.02. The van der Waals surface area contributed by atoms with Gasteiger partial charge in [-0.2, -0.15) is 0 Å².